The fourth-order valence-corrected chi connectivity index (χ4v) is 3.17. The number of benzene rings is 1. The first-order valence-electron chi connectivity index (χ1n) is 8.87. The average molecular weight is 354 g/mol. The summed E-state index contributed by atoms with van der Waals surface area (Å²) >= 11 is 0. The molecule has 7 heteroatoms. The second-order valence-electron chi connectivity index (χ2n) is 6.30. The lowest BCUT2D eigenvalue weighted by Crippen LogP contribution is -2.51. The highest BCUT2D eigenvalue weighted by Crippen LogP contribution is 2.30. The molecule has 0 bridgehead atoms. The fraction of sp³-hybridized carbons (Fsp3) is 0.368. The summed E-state index contributed by atoms with van der Waals surface area (Å²) in [4.78, 5) is 20.8. The summed E-state index contributed by atoms with van der Waals surface area (Å²) in [6, 6.07) is 11.6. The van der Waals surface area contributed by atoms with Crippen molar-refractivity contribution < 1.29 is 14.3 Å². The number of nitrogens with one attached hydrogen (secondary N) is 1. The molecule has 1 fully saturated rings. The first-order valence-corrected chi connectivity index (χ1v) is 8.87. The lowest BCUT2D eigenvalue weighted by molar-refractivity contribution is 0.171. The van der Waals surface area contributed by atoms with Crippen molar-refractivity contribution >= 4 is 11.8 Å². The van der Waals surface area contributed by atoms with Crippen molar-refractivity contribution in [2.75, 3.05) is 44.3 Å². The summed E-state index contributed by atoms with van der Waals surface area (Å²) < 4.78 is 11.1. The Hall–Kier alpha value is -2.96. The third-order valence-corrected chi connectivity index (χ3v) is 4.59. The number of rotatable bonds is 3. The molecule has 0 spiro atoms. The van der Waals surface area contributed by atoms with Gasteiger partial charge in [0.25, 0.3) is 0 Å². The third-order valence-electron chi connectivity index (χ3n) is 4.59. The molecule has 0 saturated carbocycles. The molecule has 2 aliphatic heterocycles. The van der Waals surface area contributed by atoms with E-state index in [1.165, 1.54) is 0 Å². The van der Waals surface area contributed by atoms with Crippen molar-refractivity contribution in [1.29, 1.82) is 0 Å². The largest absolute Gasteiger partial charge is 0.486 e. The number of carbonyl (C=O) groups is 1. The van der Waals surface area contributed by atoms with Crippen molar-refractivity contribution in [2.24, 2.45) is 0 Å². The molecule has 26 heavy (non-hydrogen) atoms. The van der Waals surface area contributed by atoms with Crippen LogP contribution in [0.4, 0.5) is 10.6 Å². The number of nitrogens with zero attached hydrogens (tertiary/aromatic N) is 3. The molecule has 0 radical (unpaired) electrons. The number of ether oxygens (including phenoxy) is 2. The normalized spacial score (nSPS) is 16.3. The highest BCUT2D eigenvalue weighted by molar-refractivity contribution is 5.74. The van der Waals surface area contributed by atoms with E-state index in [1.54, 1.807) is 6.20 Å². The molecule has 2 aliphatic rings. The number of pyridine rings is 1. The smallest absolute Gasteiger partial charge is 0.317 e. The van der Waals surface area contributed by atoms with Crippen molar-refractivity contribution in [1.82, 2.24) is 15.2 Å². The molecule has 3 heterocycles. The first-order chi connectivity index (χ1) is 12.8. The minimum Gasteiger partial charge on any atom is -0.486 e. The number of hydrogen-bond donors (Lipinski definition) is 1. The monoisotopic (exact) mass is 354 g/mol. The molecule has 7 nitrogen and oxygen atoms in total. The number of urea groups is 1. The van der Waals surface area contributed by atoms with Crippen LogP contribution in [0.15, 0.2) is 42.6 Å². The lowest BCUT2D eigenvalue weighted by atomic mass is 10.2. The molecule has 136 valence electrons. The average Bonchev–Trinajstić information content (AvgIpc) is 2.72. The number of aromatic nitrogens is 1. The summed E-state index contributed by atoms with van der Waals surface area (Å²) in [5.74, 6) is 2.47. The molecule has 0 unspecified atom stereocenters. The Labute approximate surface area is 152 Å². The Bertz CT molecular complexity index is 761. The fourth-order valence-electron chi connectivity index (χ4n) is 3.17. The van der Waals surface area contributed by atoms with Crippen molar-refractivity contribution in [3.63, 3.8) is 0 Å². The van der Waals surface area contributed by atoms with Crippen LogP contribution in [0.1, 0.15) is 5.56 Å². The maximum Gasteiger partial charge on any atom is 0.317 e. The number of carbonyl (C=O) groups excluding carboxylic acids is 1. The van der Waals surface area contributed by atoms with E-state index in [1.807, 2.05) is 41.3 Å². The maximum atomic E-state index is 12.4. The topological polar surface area (TPSA) is 66.9 Å². The second-order valence-corrected chi connectivity index (χ2v) is 6.30. The Balaban J connectivity index is 1.28. The number of anilines is 1. The molecular weight excluding hydrogens is 332 g/mol. The molecular formula is C19H22N4O3. The third kappa shape index (κ3) is 3.66. The van der Waals surface area contributed by atoms with Gasteiger partial charge in [0.1, 0.15) is 19.0 Å². The molecule has 0 aliphatic carbocycles. The van der Waals surface area contributed by atoms with Gasteiger partial charge < -0.3 is 24.6 Å². The lowest BCUT2D eigenvalue weighted by Gasteiger charge is -2.35. The Morgan fingerprint density at radius 2 is 1.85 bits per heavy atom. The number of amides is 2. The van der Waals surface area contributed by atoms with E-state index >= 15 is 0 Å². The van der Waals surface area contributed by atoms with Gasteiger partial charge in [-0.05, 0) is 29.8 Å². The van der Waals surface area contributed by atoms with Crippen LogP contribution >= 0.6 is 0 Å². The van der Waals surface area contributed by atoms with Crippen molar-refractivity contribution in [2.45, 2.75) is 6.54 Å². The molecule has 1 N–H and O–H groups in total. The van der Waals surface area contributed by atoms with Crippen LogP contribution in [0.5, 0.6) is 11.5 Å². The molecule has 0 atom stereocenters. The molecule has 4 rings (SSSR count). The van der Waals surface area contributed by atoms with E-state index < -0.39 is 0 Å². The molecule has 1 saturated heterocycles. The molecule has 1 aromatic heterocycles. The van der Waals surface area contributed by atoms with E-state index in [9.17, 15) is 4.79 Å². The molecule has 1 aromatic carbocycles. The van der Waals surface area contributed by atoms with Gasteiger partial charge in [-0.1, -0.05) is 12.1 Å². The summed E-state index contributed by atoms with van der Waals surface area (Å²) in [5.41, 5.74) is 0.995. The van der Waals surface area contributed by atoms with Crippen LogP contribution in [0.25, 0.3) is 0 Å². The Morgan fingerprint density at radius 1 is 1.04 bits per heavy atom. The van der Waals surface area contributed by atoms with Gasteiger partial charge in [0, 0.05) is 38.9 Å². The van der Waals surface area contributed by atoms with Crippen molar-refractivity contribution in [3.05, 3.63) is 48.2 Å². The van der Waals surface area contributed by atoms with Gasteiger partial charge in [-0.2, -0.15) is 0 Å². The minimum absolute atomic E-state index is 0.0411. The van der Waals surface area contributed by atoms with E-state index in [0.29, 0.717) is 32.8 Å². The zero-order chi connectivity index (χ0) is 17.8. The number of fused-ring (bicyclic) bond motifs is 1. The standard InChI is InChI=1S/C19H22N4O3/c24-19(21-14-15-4-5-16-17(13-15)26-12-11-25-16)23-9-7-22(8-10-23)18-3-1-2-6-20-18/h1-6,13H,7-12,14H2,(H,21,24). The van der Waals surface area contributed by atoms with Crippen LogP contribution in [0.2, 0.25) is 0 Å². The minimum atomic E-state index is -0.0411. The number of hydrogen-bond acceptors (Lipinski definition) is 5. The molecule has 2 aromatic rings. The van der Waals surface area contributed by atoms with Gasteiger partial charge in [0.15, 0.2) is 11.5 Å². The second kappa shape index (κ2) is 7.51. The van der Waals surface area contributed by atoms with Gasteiger partial charge in [0.2, 0.25) is 0 Å². The van der Waals surface area contributed by atoms with E-state index in [2.05, 4.69) is 15.2 Å². The van der Waals surface area contributed by atoms with Crippen LogP contribution < -0.4 is 19.7 Å². The molecule has 2 amide bonds. The maximum absolute atomic E-state index is 12.4. The number of piperazine rings is 1. The zero-order valence-corrected chi connectivity index (χ0v) is 14.6. The summed E-state index contributed by atoms with van der Waals surface area (Å²) in [7, 11) is 0. The van der Waals surface area contributed by atoms with E-state index in [-0.39, 0.29) is 6.03 Å². The quantitative estimate of drug-likeness (QED) is 0.912. The Kier molecular flexibility index (Phi) is 4.77. The highest BCUT2D eigenvalue weighted by Gasteiger charge is 2.21. The predicted octanol–water partition coefficient (Wildman–Crippen LogP) is 1.88. The van der Waals surface area contributed by atoms with Gasteiger partial charge in [-0.25, -0.2) is 9.78 Å². The van der Waals surface area contributed by atoms with Crippen LogP contribution in [-0.4, -0.2) is 55.3 Å². The van der Waals surface area contributed by atoms with Crippen molar-refractivity contribution in [3.8, 4) is 11.5 Å². The predicted molar refractivity (Wildman–Crippen MR) is 97.7 cm³/mol. The SMILES string of the molecule is O=C(NCc1ccc2c(c1)OCCO2)N1CCN(c2ccccn2)CC1. The summed E-state index contributed by atoms with van der Waals surface area (Å²) in [6.07, 6.45) is 1.79. The van der Waals surface area contributed by atoms with E-state index in [0.717, 1.165) is 36.0 Å². The van der Waals surface area contributed by atoms with E-state index in [4.69, 9.17) is 9.47 Å². The van der Waals surface area contributed by atoms with Gasteiger partial charge in [-0.15, -0.1) is 0 Å². The van der Waals surface area contributed by atoms with Gasteiger partial charge >= 0.3 is 6.03 Å². The van der Waals surface area contributed by atoms with Crippen LogP contribution in [0.3, 0.4) is 0 Å². The van der Waals surface area contributed by atoms with Crippen LogP contribution in [-0.2, 0) is 6.54 Å². The zero-order valence-electron chi connectivity index (χ0n) is 14.6. The van der Waals surface area contributed by atoms with Gasteiger partial charge in [0.05, 0.1) is 0 Å². The van der Waals surface area contributed by atoms with Crippen LogP contribution in [0, 0.1) is 0 Å². The summed E-state index contributed by atoms with van der Waals surface area (Å²) in [5, 5.41) is 2.99. The summed E-state index contributed by atoms with van der Waals surface area (Å²) in [6.45, 7) is 4.54. The Morgan fingerprint density at radius 3 is 2.62 bits per heavy atom. The first kappa shape index (κ1) is 16.5. The van der Waals surface area contributed by atoms with Gasteiger partial charge in [-0.3, -0.25) is 0 Å². The highest BCUT2D eigenvalue weighted by atomic mass is 16.6.